The van der Waals surface area contributed by atoms with E-state index in [-0.39, 0.29) is 5.56 Å². The zero-order valence-electron chi connectivity index (χ0n) is 17.3. The molecule has 0 bridgehead atoms. The molecular formula is C23H21ClN2O5. The van der Waals surface area contributed by atoms with E-state index in [0.717, 1.165) is 5.69 Å². The molecule has 0 saturated carbocycles. The molecule has 1 aromatic heterocycles. The first-order chi connectivity index (χ1) is 14.9. The Hall–Kier alpha value is -3.58. The molecule has 0 atom stereocenters. The van der Waals surface area contributed by atoms with Crippen LogP contribution in [-0.2, 0) is 9.53 Å². The quantitative estimate of drug-likeness (QED) is 0.295. The number of carbonyl (C=O) groups excluding carboxylic acids is 2. The fraction of sp³-hybridized carbons (Fsp3) is 0.174. The Morgan fingerprint density at radius 1 is 1.10 bits per heavy atom. The number of halogens is 1. The number of hydrogen-bond donors (Lipinski definition) is 0. The van der Waals surface area contributed by atoms with Crippen molar-refractivity contribution in [1.29, 1.82) is 0 Å². The lowest BCUT2D eigenvalue weighted by Gasteiger charge is -2.09. The van der Waals surface area contributed by atoms with Crippen LogP contribution in [0.15, 0.2) is 54.6 Å². The molecule has 7 nitrogen and oxygen atoms in total. The molecule has 0 N–H and O–H groups in total. The van der Waals surface area contributed by atoms with Crippen molar-refractivity contribution in [2.75, 3.05) is 20.8 Å². The van der Waals surface area contributed by atoms with E-state index in [1.165, 1.54) is 32.4 Å². The standard InChI is InChI=1S/C23H21ClN2O5/c1-15-18(23(24)26(25-15)16-7-5-4-6-8-16)10-12-22(28)31-14-20(27)19-13-17(29-2)9-11-21(19)30-3/h4-13H,14H2,1-3H3/b12-10+. The van der Waals surface area contributed by atoms with Crippen molar-refractivity contribution in [3.05, 3.63) is 76.6 Å². The summed E-state index contributed by atoms with van der Waals surface area (Å²) in [4.78, 5) is 24.6. The van der Waals surface area contributed by atoms with Crippen LogP contribution >= 0.6 is 11.6 Å². The van der Waals surface area contributed by atoms with E-state index >= 15 is 0 Å². The molecule has 31 heavy (non-hydrogen) atoms. The van der Waals surface area contributed by atoms with Gasteiger partial charge in [-0.15, -0.1) is 0 Å². The Balaban J connectivity index is 1.68. The predicted octanol–water partition coefficient (Wildman–Crippen LogP) is 4.29. The lowest BCUT2D eigenvalue weighted by molar-refractivity contribution is -0.136. The highest BCUT2D eigenvalue weighted by Crippen LogP contribution is 2.25. The number of nitrogens with zero attached hydrogens (tertiary/aromatic N) is 2. The number of carbonyl (C=O) groups is 2. The van der Waals surface area contributed by atoms with Crippen LogP contribution in [0, 0.1) is 6.92 Å². The Morgan fingerprint density at radius 3 is 2.52 bits per heavy atom. The Morgan fingerprint density at radius 2 is 1.84 bits per heavy atom. The molecule has 3 rings (SSSR count). The zero-order chi connectivity index (χ0) is 22.4. The summed E-state index contributed by atoms with van der Waals surface area (Å²) in [5, 5.41) is 4.77. The molecule has 0 fully saturated rings. The van der Waals surface area contributed by atoms with E-state index in [4.69, 9.17) is 25.8 Å². The van der Waals surface area contributed by atoms with E-state index in [1.54, 1.807) is 23.7 Å². The summed E-state index contributed by atoms with van der Waals surface area (Å²) in [6.45, 7) is 1.34. The van der Waals surface area contributed by atoms with Gasteiger partial charge in [-0.3, -0.25) is 4.79 Å². The third-order valence-electron chi connectivity index (χ3n) is 4.49. The molecule has 0 unspecified atom stereocenters. The normalized spacial score (nSPS) is 10.8. The maximum absolute atomic E-state index is 12.5. The van der Waals surface area contributed by atoms with Crippen LogP contribution in [0.25, 0.3) is 11.8 Å². The Kier molecular flexibility index (Phi) is 7.10. The first-order valence-corrected chi connectivity index (χ1v) is 9.73. The molecule has 0 amide bonds. The average molecular weight is 441 g/mol. The van der Waals surface area contributed by atoms with Crippen molar-refractivity contribution >= 4 is 29.4 Å². The van der Waals surface area contributed by atoms with Gasteiger partial charge in [0, 0.05) is 11.6 Å². The molecule has 0 aliphatic rings. The first-order valence-electron chi connectivity index (χ1n) is 9.35. The molecule has 2 aromatic carbocycles. The number of methoxy groups -OCH3 is 2. The number of para-hydroxylation sites is 1. The fourth-order valence-electron chi connectivity index (χ4n) is 2.89. The fourth-order valence-corrected chi connectivity index (χ4v) is 3.22. The van der Waals surface area contributed by atoms with Crippen molar-refractivity contribution in [2.24, 2.45) is 0 Å². The number of benzene rings is 2. The highest BCUT2D eigenvalue weighted by atomic mass is 35.5. The highest BCUT2D eigenvalue weighted by molar-refractivity contribution is 6.31. The van der Waals surface area contributed by atoms with E-state index in [2.05, 4.69) is 5.10 Å². The summed E-state index contributed by atoms with van der Waals surface area (Å²) in [5.74, 6) is -0.231. The summed E-state index contributed by atoms with van der Waals surface area (Å²) in [6, 6.07) is 14.2. The molecule has 160 valence electrons. The van der Waals surface area contributed by atoms with Gasteiger partial charge in [0.15, 0.2) is 6.61 Å². The van der Waals surface area contributed by atoms with Crippen LogP contribution in [-0.4, -0.2) is 42.4 Å². The van der Waals surface area contributed by atoms with Gasteiger partial charge < -0.3 is 14.2 Å². The Labute approximate surface area is 184 Å². The molecule has 0 radical (unpaired) electrons. The van der Waals surface area contributed by atoms with Crippen molar-refractivity contribution in [3.63, 3.8) is 0 Å². The minimum absolute atomic E-state index is 0.265. The highest BCUT2D eigenvalue weighted by Gasteiger charge is 2.16. The monoisotopic (exact) mass is 440 g/mol. The van der Waals surface area contributed by atoms with Crippen LogP contribution < -0.4 is 9.47 Å². The van der Waals surface area contributed by atoms with Gasteiger partial charge in [0.25, 0.3) is 0 Å². The molecule has 1 heterocycles. The second-order valence-corrected chi connectivity index (χ2v) is 6.83. The summed E-state index contributed by atoms with van der Waals surface area (Å²) in [5.41, 5.74) is 2.30. The summed E-state index contributed by atoms with van der Waals surface area (Å²) >= 11 is 6.43. The third-order valence-corrected chi connectivity index (χ3v) is 4.85. The molecule has 3 aromatic rings. The lowest BCUT2D eigenvalue weighted by atomic mass is 10.1. The number of ether oxygens (including phenoxy) is 3. The minimum atomic E-state index is -0.682. The number of ketones is 1. The number of Topliss-reactive ketones (excluding diaryl/α,β-unsaturated/α-hetero) is 1. The molecule has 0 aliphatic carbocycles. The number of esters is 1. The van der Waals surface area contributed by atoms with Gasteiger partial charge in [-0.2, -0.15) is 5.10 Å². The van der Waals surface area contributed by atoms with Gasteiger partial charge in [-0.05, 0) is 43.3 Å². The summed E-state index contributed by atoms with van der Waals surface area (Å²) in [6.07, 6.45) is 2.73. The third kappa shape index (κ3) is 5.13. The van der Waals surface area contributed by atoms with Gasteiger partial charge in [-0.25, -0.2) is 9.48 Å². The van der Waals surface area contributed by atoms with Crippen molar-refractivity contribution in [1.82, 2.24) is 9.78 Å². The molecule has 0 aliphatic heterocycles. The van der Waals surface area contributed by atoms with Gasteiger partial charge in [0.1, 0.15) is 16.7 Å². The molecular weight excluding hydrogens is 420 g/mol. The van der Waals surface area contributed by atoms with E-state index in [9.17, 15) is 9.59 Å². The number of rotatable bonds is 8. The zero-order valence-corrected chi connectivity index (χ0v) is 18.1. The van der Waals surface area contributed by atoms with Gasteiger partial charge >= 0.3 is 5.97 Å². The first kappa shape index (κ1) is 22.1. The summed E-state index contributed by atoms with van der Waals surface area (Å²) < 4.78 is 17.0. The minimum Gasteiger partial charge on any atom is -0.497 e. The lowest BCUT2D eigenvalue weighted by Crippen LogP contribution is -2.13. The maximum atomic E-state index is 12.5. The average Bonchev–Trinajstić information content (AvgIpc) is 3.09. The van der Waals surface area contributed by atoms with Crippen LogP contribution in [0.2, 0.25) is 5.15 Å². The SMILES string of the molecule is COc1ccc(OC)c(C(=O)COC(=O)/C=C/c2c(C)nn(-c3ccccc3)c2Cl)c1. The number of aromatic nitrogens is 2. The van der Waals surface area contributed by atoms with E-state index in [0.29, 0.717) is 27.9 Å². The topological polar surface area (TPSA) is 79.7 Å². The summed E-state index contributed by atoms with van der Waals surface area (Å²) in [7, 11) is 2.95. The second-order valence-electron chi connectivity index (χ2n) is 6.47. The van der Waals surface area contributed by atoms with E-state index in [1.807, 2.05) is 30.3 Å². The van der Waals surface area contributed by atoms with Crippen molar-refractivity contribution < 1.29 is 23.8 Å². The number of aryl methyl sites for hydroxylation is 1. The van der Waals surface area contributed by atoms with Crippen molar-refractivity contribution in [2.45, 2.75) is 6.92 Å². The van der Waals surface area contributed by atoms with Gasteiger partial charge in [0.2, 0.25) is 5.78 Å². The molecule has 0 saturated heterocycles. The maximum Gasteiger partial charge on any atom is 0.331 e. The van der Waals surface area contributed by atoms with Crippen LogP contribution in [0.1, 0.15) is 21.6 Å². The van der Waals surface area contributed by atoms with E-state index < -0.39 is 18.4 Å². The van der Waals surface area contributed by atoms with Crippen molar-refractivity contribution in [3.8, 4) is 17.2 Å². The van der Waals surface area contributed by atoms with Gasteiger partial charge in [-0.1, -0.05) is 29.8 Å². The smallest absolute Gasteiger partial charge is 0.331 e. The van der Waals surface area contributed by atoms with Crippen LogP contribution in [0.3, 0.4) is 0 Å². The molecule has 0 spiro atoms. The van der Waals surface area contributed by atoms with Gasteiger partial charge in [0.05, 0.1) is 31.2 Å². The largest absolute Gasteiger partial charge is 0.497 e. The van der Waals surface area contributed by atoms with Crippen LogP contribution in [0.5, 0.6) is 11.5 Å². The van der Waals surface area contributed by atoms with Crippen LogP contribution in [0.4, 0.5) is 0 Å². The molecule has 8 heteroatoms. The number of hydrogen-bond acceptors (Lipinski definition) is 6. The Bertz CT molecular complexity index is 1120. The second kappa shape index (κ2) is 9.95. The predicted molar refractivity (Wildman–Crippen MR) is 117 cm³/mol.